The van der Waals surface area contributed by atoms with Crippen molar-refractivity contribution in [2.45, 2.75) is 36.2 Å². The molecular weight excluding hydrogens is 436 g/mol. The molecule has 4 heterocycles. The second kappa shape index (κ2) is 8.68. The van der Waals surface area contributed by atoms with E-state index < -0.39 is 9.84 Å². The van der Waals surface area contributed by atoms with E-state index >= 15 is 0 Å². The molecule has 0 N–H and O–H groups in total. The fourth-order valence-corrected chi connectivity index (χ4v) is 7.73. The number of amides is 1. The SMILES string of the molecule is O=C(CSc1nnc(N2CCCC2)s1)N(Cc1cccs1)C1CCS(=O)(=O)C1. The monoisotopic (exact) mass is 458 g/mol. The molecule has 4 rings (SSSR count). The van der Waals surface area contributed by atoms with E-state index in [1.165, 1.54) is 35.9 Å². The first-order valence-corrected chi connectivity index (χ1v) is 13.7. The molecule has 0 bridgehead atoms. The number of nitrogens with zero attached hydrogens (tertiary/aromatic N) is 4. The predicted molar refractivity (Wildman–Crippen MR) is 114 cm³/mol. The fourth-order valence-electron chi connectivity index (χ4n) is 3.52. The van der Waals surface area contributed by atoms with Gasteiger partial charge in [-0.05, 0) is 30.7 Å². The van der Waals surface area contributed by atoms with Gasteiger partial charge in [0, 0.05) is 24.0 Å². The summed E-state index contributed by atoms with van der Waals surface area (Å²) in [7, 11) is -3.05. The van der Waals surface area contributed by atoms with Crippen LogP contribution in [-0.2, 0) is 21.2 Å². The van der Waals surface area contributed by atoms with Gasteiger partial charge in [-0.25, -0.2) is 8.42 Å². The lowest BCUT2D eigenvalue weighted by atomic mass is 10.2. The normalized spacial score (nSPS) is 21.3. The van der Waals surface area contributed by atoms with Crippen LogP contribution in [0.1, 0.15) is 24.1 Å². The average Bonchev–Trinajstić information content (AvgIpc) is 3.44. The first kappa shape index (κ1) is 20.1. The molecule has 11 heteroatoms. The first-order valence-electron chi connectivity index (χ1n) is 9.24. The number of rotatable bonds is 7. The third kappa shape index (κ3) is 4.87. The summed E-state index contributed by atoms with van der Waals surface area (Å²) in [6, 6.07) is 3.69. The van der Waals surface area contributed by atoms with Crippen LogP contribution in [0.5, 0.6) is 0 Å². The second-order valence-electron chi connectivity index (χ2n) is 6.99. The number of aromatic nitrogens is 2. The molecule has 2 saturated heterocycles. The Labute approximate surface area is 177 Å². The molecule has 0 spiro atoms. The van der Waals surface area contributed by atoms with Crippen LogP contribution >= 0.6 is 34.4 Å². The zero-order valence-corrected chi connectivity index (χ0v) is 18.6. The molecule has 152 valence electrons. The van der Waals surface area contributed by atoms with E-state index in [1.54, 1.807) is 16.2 Å². The first-order chi connectivity index (χ1) is 13.5. The molecule has 0 saturated carbocycles. The molecular formula is C17H22N4O3S4. The highest BCUT2D eigenvalue weighted by molar-refractivity contribution is 8.01. The molecule has 1 amide bonds. The minimum Gasteiger partial charge on any atom is -0.347 e. The molecule has 2 aromatic heterocycles. The van der Waals surface area contributed by atoms with Gasteiger partial charge in [-0.15, -0.1) is 21.5 Å². The van der Waals surface area contributed by atoms with Gasteiger partial charge in [0.2, 0.25) is 11.0 Å². The smallest absolute Gasteiger partial charge is 0.233 e. The van der Waals surface area contributed by atoms with E-state index in [-0.39, 0.29) is 29.2 Å². The Kier molecular flexibility index (Phi) is 6.24. The fraction of sp³-hybridized carbons (Fsp3) is 0.588. The summed E-state index contributed by atoms with van der Waals surface area (Å²) in [6.07, 6.45) is 2.88. The van der Waals surface area contributed by atoms with Crippen LogP contribution in [0.15, 0.2) is 21.9 Å². The number of hydrogen-bond donors (Lipinski definition) is 0. The van der Waals surface area contributed by atoms with Gasteiger partial charge in [-0.2, -0.15) is 0 Å². The van der Waals surface area contributed by atoms with Gasteiger partial charge in [-0.1, -0.05) is 29.2 Å². The highest BCUT2D eigenvalue weighted by Gasteiger charge is 2.34. The number of thioether (sulfide) groups is 1. The molecule has 2 aromatic rings. The molecule has 0 aromatic carbocycles. The van der Waals surface area contributed by atoms with Gasteiger partial charge in [-0.3, -0.25) is 4.79 Å². The molecule has 2 aliphatic heterocycles. The van der Waals surface area contributed by atoms with Crippen molar-refractivity contribution in [3.05, 3.63) is 22.4 Å². The minimum atomic E-state index is -3.05. The zero-order valence-electron chi connectivity index (χ0n) is 15.3. The van der Waals surface area contributed by atoms with E-state index in [0.29, 0.717) is 13.0 Å². The molecule has 1 atom stereocenters. The number of thiophene rings is 1. The molecule has 2 fully saturated rings. The van der Waals surface area contributed by atoms with E-state index in [2.05, 4.69) is 15.1 Å². The molecule has 7 nitrogen and oxygen atoms in total. The van der Waals surface area contributed by atoms with E-state index in [9.17, 15) is 13.2 Å². The Morgan fingerprint density at radius 1 is 1.32 bits per heavy atom. The van der Waals surface area contributed by atoms with Crippen molar-refractivity contribution in [3.8, 4) is 0 Å². The summed E-state index contributed by atoms with van der Waals surface area (Å²) in [5, 5.41) is 11.4. The van der Waals surface area contributed by atoms with Crippen molar-refractivity contribution >= 4 is 55.3 Å². The number of carbonyl (C=O) groups excluding carboxylic acids is 1. The summed E-state index contributed by atoms with van der Waals surface area (Å²) in [6.45, 7) is 2.50. The third-order valence-corrected chi connectivity index (χ3v) is 9.68. The lowest BCUT2D eigenvalue weighted by Gasteiger charge is -2.27. The van der Waals surface area contributed by atoms with Crippen LogP contribution in [0.4, 0.5) is 5.13 Å². The highest BCUT2D eigenvalue weighted by atomic mass is 32.2. The van der Waals surface area contributed by atoms with Crippen molar-refractivity contribution in [2.24, 2.45) is 0 Å². The quantitative estimate of drug-likeness (QED) is 0.590. The van der Waals surface area contributed by atoms with Gasteiger partial charge in [0.25, 0.3) is 0 Å². The van der Waals surface area contributed by atoms with E-state index in [1.807, 2.05) is 17.5 Å². The molecule has 0 radical (unpaired) electrons. The van der Waals surface area contributed by atoms with E-state index in [0.717, 1.165) is 27.4 Å². The van der Waals surface area contributed by atoms with Gasteiger partial charge < -0.3 is 9.80 Å². The van der Waals surface area contributed by atoms with Crippen molar-refractivity contribution in [2.75, 3.05) is 35.2 Å². The second-order valence-corrected chi connectivity index (χ2v) is 12.4. The summed E-state index contributed by atoms with van der Waals surface area (Å²) < 4.78 is 24.6. The van der Waals surface area contributed by atoms with Gasteiger partial charge >= 0.3 is 0 Å². The van der Waals surface area contributed by atoms with Crippen molar-refractivity contribution < 1.29 is 13.2 Å². The highest BCUT2D eigenvalue weighted by Crippen LogP contribution is 2.31. The lowest BCUT2D eigenvalue weighted by molar-refractivity contribution is -0.130. The predicted octanol–water partition coefficient (Wildman–Crippen LogP) is 2.51. The van der Waals surface area contributed by atoms with Crippen LogP contribution in [0.25, 0.3) is 0 Å². The van der Waals surface area contributed by atoms with Gasteiger partial charge in [0.15, 0.2) is 14.2 Å². The van der Waals surface area contributed by atoms with Crippen LogP contribution in [-0.4, -0.2) is 65.8 Å². The average molecular weight is 459 g/mol. The number of carbonyl (C=O) groups is 1. The molecule has 2 aliphatic rings. The number of anilines is 1. The van der Waals surface area contributed by atoms with Crippen LogP contribution in [0.2, 0.25) is 0 Å². The Balaban J connectivity index is 1.40. The van der Waals surface area contributed by atoms with Crippen LogP contribution in [0, 0.1) is 0 Å². The van der Waals surface area contributed by atoms with Crippen molar-refractivity contribution in [3.63, 3.8) is 0 Å². The maximum atomic E-state index is 13.0. The Morgan fingerprint density at radius 3 is 2.82 bits per heavy atom. The van der Waals surface area contributed by atoms with Gasteiger partial charge in [0.1, 0.15) is 0 Å². The van der Waals surface area contributed by atoms with Crippen molar-refractivity contribution in [1.82, 2.24) is 15.1 Å². The summed E-state index contributed by atoms with van der Waals surface area (Å²) >= 11 is 4.50. The molecule has 1 unspecified atom stereocenters. The molecule has 28 heavy (non-hydrogen) atoms. The number of hydrogen-bond acceptors (Lipinski definition) is 9. The standard InChI is InChI=1S/C17H22N4O3S4/c22-15(11-26-17-19-18-16(27-17)20-6-1-2-7-20)21(10-14-4-3-8-25-14)13-5-9-28(23,24)12-13/h3-4,8,13H,1-2,5-7,9-12H2. The maximum Gasteiger partial charge on any atom is 0.233 e. The Morgan fingerprint density at radius 2 is 2.14 bits per heavy atom. The lowest BCUT2D eigenvalue weighted by Crippen LogP contribution is -2.41. The third-order valence-electron chi connectivity index (χ3n) is 4.97. The zero-order chi connectivity index (χ0) is 19.6. The van der Waals surface area contributed by atoms with Crippen LogP contribution < -0.4 is 4.90 Å². The maximum absolute atomic E-state index is 13.0. The van der Waals surface area contributed by atoms with E-state index in [4.69, 9.17) is 0 Å². The van der Waals surface area contributed by atoms with Crippen molar-refractivity contribution in [1.29, 1.82) is 0 Å². The summed E-state index contributed by atoms with van der Waals surface area (Å²) in [5.41, 5.74) is 0. The Hall–Kier alpha value is -1.17. The minimum absolute atomic E-state index is 0.0431. The molecule has 0 aliphatic carbocycles. The Bertz CT molecular complexity index is 907. The summed E-state index contributed by atoms with van der Waals surface area (Å²) in [5.74, 6) is 0.427. The largest absolute Gasteiger partial charge is 0.347 e. The summed E-state index contributed by atoms with van der Waals surface area (Å²) in [4.78, 5) is 18.0. The van der Waals surface area contributed by atoms with Crippen LogP contribution in [0.3, 0.4) is 0 Å². The number of sulfone groups is 1. The topological polar surface area (TPSA) is 83.5 Å². The van der Waals surface area contributed by atoms with Gasteiger partial charge in [0.05, 0.1) is 23.8 Å².